The summed E-state index contributed by atoms with van der Waals surface area (Å²) < 4.78 is 18.5. The van der Waals surface area contributed by atoms with Crippen molar-refractivity contribution in [3.8, 4) is 16.9 Å². The summed E-state index contributed by atoms with van der Waals surface area (Å²) in [6.45, 7) is 6.27. The maximum Gasteiger partial charge on any atom is 0.176 e. The molecule has 31 heavy (non-hydrogen) atoms. The van der Waals surface area contributed by atoms with E-state index in [0.717, 1.165) is 71.0 Å². The molecule has 1 atom stereocenters. The van der Waals surface area contributed by atoms with Gasteiger partial charge < -0.3 is 19.5 Å². The summed E-state index contributed by atoms with van der Waals surface area (Å²) in [6.07, 6.45) is 3.60. The van der Waals surface area contributed by atoms with Crippen LogP contribution in [-0.2, 0) is 22.3 Å². The second-order valence-corrected chi connectivity index (χ2v) is 8.11. The maximum atomic E-state index is 5.55. The second-order valence-electron chi connectivity index (χ2n) is 8.11. The molecule has 1 aliphatic rings. The van der Waals surface area contributed by atoms with Crippen molar-refractivity contribution in [3.05, 3.63) is 40.7 Å². The van der Waals surface area contributed by atoms with Crippen LogP contribution in [0.3, 0.4) is 0 Å². The Labute approximate surface area is 183 Å². The highest BCUT2D eigenvalue weighted by atomic mass is 16.7. The number of ether oxygens (including phenoxy) is 3. The predicted octanol–water partition coefficient (Wildman–Crippen LogP) is 4.32. The van der Waals surface area contributed by atoms with Crippen LogP contribution in [0.25, 0.3) is 16.8 Å². The number of fused-ring (bicyclic) bond motifs is 2. The minimum Gasteiger partial charge on any atom is -0.497 e. The zero-order valence-electron chi connectivity index (χ0n) is 19.3. The van der Waals surface area contributed by atoms with Gasteiger partial charge in [-0.2, -0.15) is 9.61 Å². The van der Waals surface area contributed by atoms with Crippen LogP contribution in [0, 0.1) is 13.8 Å². The normalized spacial score (nSPS) is 14.3. The van der Waals surface area contributed by atoms with Gasteiger partial charge in [0.25, 0.3) is 0 Å². The highest BCUT2D eigenvalue weighted by molar-refractivity contribution is 5.83. The first-order valence-electron chi connectivity index (χ1n) is 10.9. The van der Waals surface area contributed by atoms with Gasteiger partial charge >= 0.3 is 0 Å². The Balaban J connectivity index is 1.89. The zero-order chi connectivity index (χ0) is 22.1. The van der Waals surface area contributed by atoms with Crippen LogP contribution in [-0.4, -0.2) is 48.3 Å². The molecule has 0 saturated carbocycles. The van der Waals surface area contributed by atoms with Crippen LogP contribution < -0.4 is 10.1 Å². The standard InChI is InChI=1S/C24H32N4O3/c1-7-19(24(30-5)31-6)25-22-18-9-8-10-20(18)26-23-21(15(3)27-28(22)23)17-12-11-16(29-4)13-14(17)2/h11-13,19,24-25H,7-10H2,1-6H3/t19-/m1/s1. The monoisotopic (exact) mass is 424 g/mol. The number of aryl methyl sites for hydroxylation is 3. The van der Waals surface area contributed by atoms with E-state index < -0.39 is 0 Å². The lowest BCUT2D eigenvalue weighted by Crippen LogP contribution is -2.37. The van der Waals surface area contributed by atoms with Crippen LogP contribution in [0.2, 0.25) is 0 Å². The molecule has 1 N–H and O–H groups in total. The van der Waals surface area contributed by atoms with Crippen molar-refractivity contribution in [3.63, 3.8) is 0 Å². The minimum atomic E-state index is -0.342. The molecule has 0 saturated heterocycles. The number of nitrogens with one attached hydrogen (secondary N) is 1. The summed E-state index contributed by atoms with van der Waals surface area (Å²) in [4.78, 5) is 5.08. The average molecular weight is 425 g/mol. The molecular formula is C24H32N4O3. The van der Waals surface area contributed by atoms with Crippen molar-refractivity contribution in [2.24, 2.45) is 0 Å². The Morgan fingerprint density at radius 2 is 1.90 bits per heavy atom. The summed E-state index contributed by atoms with van der Waals surface area (Å²) >= 11 is 0. The molecule has 7 nitrogen and oxygen atoms in total. The predicted molar refractivity (Wildman–Crippen MR) is 122 cm³/mol. The molecule has 0 bridgehead atoms. The van der Waals surface area contributed by atoms with Crippen LogP contribution in [0.4, 0.5) is 5.82 Å². The third-order valence-electron chi connectivity index (χ3n) is 6.22. The summed E-state index contributed by atoms with van der Waals surface area (Å²) in [5, 5.41) is 8.62. The van der Waals surface area contributed by atoms with Crippen molar-refractivity contribution < 1.29 is 14.2 Å². The molecule has 0 amide bonds. The Kier molecular flexibility index (Phi) is 6.16. The smallest absolute Gasteiger partial charge is 0.176 e. The number of methoxy groups -OCH3 is 3. The molecule has 3 aromatic rings. The number of nitrogens with zero attached hydrogens (tertiary/aromatic N) is 3. The molecular weight excluding hydrogens is 392 g/mol. The quantitative estimate of drug-likeness (QED) is 0.543. The molecule has 7 heteroatoms. The number of hydrogen-bond donors (Lipinski definition) is 1. The van der Waals surface area contributed by atoms with Gasteiger partial charge in [-0.15, -0.1) is 0 Å². The van der Waals surface area contributed by atoms with E-state index in [1.54, 1.807) is 21.3 Å². The fourth-order valence-electron chi connectivity index (χ4n) is 4.61. The molecule has 0 spiro atoms. The van der Waals surface area contributed by atoms with Gasteiger partial charge in [-0.3, -0.25) is 0 Å². The SMILES string of the molecule is CC[C@@H](Nc1c2c(nc3c(-c4ccc(OC)cc4C)c(C)nn13)CCC2)C(OC)OC. The van der Waals surface area contributed by atoms with E-state index in [4.69, 9.17) is 24.3 Å². The van der Waals surface area contributed by atoms with Crippen molar-refractivity contribution >= 4 is 11.5 Å². The van der Waals surface area contributed by atoms with E-state index in [9.17, 15) is 0 Å². The Bertz CT molecular complexity index is 1090. The second kappa shape index (κ2) is 8.85. The third kappa shape index (κ3) is 3.77. The highest BCUT2D eigenvalue weighted by Gasteiger charge is 2.28. The summed E-state index contributed by atoms with van der Waals surface area (Å²) in [5.41, 5.74) is 7.58. The first kappa shape index (κ1) is 21.6. The minimum absolute atomic E-state index is 0.000906. The molecule has 166 valence electrons. The topological polar surface area (TPSA) is 69.9 Å². The number of benzene rings is 1. The van der Waals surface area contributed by atoms with Gasteiger partial charge in [-0.05, 0) is 62.8 Å². The van der Waals surface area contributed by atoms with Gasteiger partial charge in [0.05, 0.1) is 18.8 Å². The van der Waals surface area contributed by atoms with Gasteiger partial charge in [0.2, 0.25) is 0 Å². The average Bonchev–Trinajstić information content (AvgIpc) is 3.37. The van der Waals surface area contributed by atoms with E-state index in [-0.39, 0.29) is 12.3 Å². The largest absolute Gasteiger partial charge is 0.497 e. The van der Waals surface area contributed by atoms with E-state index in [1.807, 2.05) is 17.5 Å². The van der Waals surface area contributed by atoms with Crippen LogP contribution in [0.15, 0.2) is 18.2 Å². The fourth-order valence-corrected chi connectivity index (χ4v) is 4.61. The van der Waals surface area contributed by atoms with Crippen molar-refractivity contribution in [2.45, 2.75) is 58.8 Å². The van der Waals surface area contributed by atoms with Gasteiger partial charge in [0.15, 0.2) is 11.9 Å². The maximum absolute atomic E-state index is 5.55. The molecule has 1 aromatic carbocycles. The number of anilines is 1. The van der Waals surface area contributed by atoms with Gasteiger partial charge in [0, 0.05) is 31.0 Å². The Morgan fingerprint density at radius 3 is 2.55 bits per heavy atom. The molecule has 0 unspecified atom stereocenters. The summed E-state index contributed by atoms with van der Waals surface area (Å²) in [7, 11) is 5.04. The molecule has 0 fully saturated rings. The van der Waals surface area contributed by atoms with Crippen LogP contribution in [0.1, 0.15) is 42.3 Å². The van der Waals surface area contributed by atoms with E-state index in [0.29, 0.717) is 0 Å². The molecule has 0 radical (unpaired) electrons. The van der Waals surface area contributed by atoms with E-state index in [1.165, 1.54) is 5.56 Å². The molecule has 2 heterocycles. The Hall–Kier alpha value is -2.64. The van der Waals surface area contributed by atoms with Gasteiger partial charge in [-0.1, -0.05) is 13.0 Å². The molecule has 1 aliphatic carbocycles. The van der Waals surface area contributed by atoms with E-state index in [2.05, 4.69) is 31.3 Å². The summed E-state index contributed by atoms with van der Waals surface area (Å²) in [5.74, 6) is 1.85. The number of hydrogen-bond acceptors (Lipinski definition) is 6. The number of rotatable bonds is 8. The molecule has 0 aliphatic heterocycles. The van der Waals surface area contributed by atoms with E-state index >= 15 is 0 Å². The highest BCUT2D eigenvalue weighted by Crippen LogP contribution is 2.36. The lowest BCUT2D eigenvalue weighted by molar-refractivity contribution is -0.112. The van der Waals surface area contributed by atoms with Gasteiger partial charge in [-0.25, -0.2) is 4.98 Å². The number of aromatic nitrogens is 3. The van der Waals surface area contributed by atoms with Crippen molar-refractivity contribution in [2.75, 3.05) is 26.6 Å². The van der Waals surface area contributed by atoms with Crippen molar-refractivity contribution in [1.29, 1.82) is 0 Å². The molecule has 2 aromatic heterocycles. The van der Waals surface area contributed by atoms with Crippen LogP contribution >= 0.6 is 0 Å². The zero-order valence-corrected chi connectivity index (χ0v) is 19.3. The fraction of sp³-hybridized carbons (Fsp3) is 0.500. The first-order chi connectivity index (χ1) is 15.0. The van der Waals surface area contributed by atoms with Crippen LogP contribution in [0.5, 0.6) is 5.75 Å². The lowest BCUT2D eigenvalue weighted by Gasteiger charge is -2.26. The molecule has 4 rings (SSSR count). The third-order valence-corrected chi connectivity index (χ3v) is 6.22. The van der Waals surface area contributed by atoms with Crippen molar-refractivity contribution in [1.82, 2.24) is 14.6 Å². The van der Waals surface area contributed by atoms with Gasteiger partial charge in [0.1, 0.15) is 11.6 Å². The lowest BCUT2D eigenvalue weighted by atomic mass is 10.0. The first-order valence-corrected chi connectivity index (χ1v) is 10.9. The summed E-state index contributed by atoms with van der Waals surface area (Å²) in [6, 6.07) is 6.15. The Morgan fingerprint density at radius 1 is 1.13 bits per heavy atom.